The van der Waals surface area contributed by atoms with E-state index in [1.54, 1.807) is 6.08 Å². The monoisotopic (exact) mass is 950 g/mol. The van der Waals surface area contributed by atoms with Crippen molar-refractivity contribution in [3.05, 3.63) is 60.8 Å². The summed E-state index contributed by atoms with van der Waals surface area (Å²) < 4.78 is 0. The van der Waals surface area contributed by atoms with Crippen molar-refractivity contribution in [3.63, 3.8) is 0 Å². The lowest BCUT2D eigenvalue weighted by atomic mass is 10.0. The minimum Gasteiger partial charge on any atom is -0.394 e. The van der Waals surface area contributed by atoms with Crippen LogP contribution in [0.25, 0.3) is 0 Å². The Balaban J connectivity index is 3.49. The van der Waals surface area contributed by atoms with Crippen molar-refractivity contribution < 1.29 is 15.0 Å². The Morgan fingerprint density at radius 2 is 0.618 bits per heavy atom. The molecule has 0 aliphatic rings. The number of rotatable bonds is 56. The maximum atomic E-state index is 12.5. The largest absolute Gasteiger partial charge is 0.394 e. The average molecular weight is 951 g/mol. The predicted octanol–water partition coefficient (Wildman–Crippen LogP) is 20.4. The average Bonchev–Trinajstić information content (AvgIpc) is 3.34. The van der Waals surface area contributed by atoms with Crippen molar-refractivity contribution in [1.82, 2.24) is 5.32 Å². The zero-order chi connectivity index (χ0) is 49.2. The van der Waals surface area contributed by atoms with Gasteiger partial charge < -0.3 is 15.5 Å². The van der Waals surface area contributed by atoms with Crippen LogP contribution in [0.2, 0.25) is 0 Å². The molecule has 4 nitrogen and oxygen atoms in total. The van der Waals surface area contributed by atoms with E-state index in [9.17, 15) is 15.0 Å². The zero-order valence-corrected chi connectivity index (χ0v) is 45.9. The minimum absolute atomic E-state index is 0.0700. The standard InChI is InChI=1S/C64H119NO3/c1-3-5-7-9-11-13-15-17-19-21-23-25-27-28-29-30-31-32-33-34-35-36-38-40-42-44-46-48-50-52-54-56-58-60-64(68)65-62(61-66)63(67)59-57-55-53-51-49-47-45-43-41-39-37-26-24-22-20-18-16-14-12-10-8-6-4-2/h15,17,21,23,27-28,49,51,57,59,62-63,66-67H,3-14,16,18-20,22,24-26,29-48,50,52-56,58,60-61H2,1-2H3,(H,65,68)/b17-15-,23-21-,28-27-,51-49+,59-57+. The second-order valence-corrected chi connectivity index (χ2v) is 20.8. The number of allylic oxidation sites excluding steroid dienone is 9. The highest BCUT2D eigenvalue weighted by Crippen LogP contribution is 2.17. The van der Waals surface area contributed by atoms with Crippen LogP contribution in [0.1, 0.15) is 322 Å². The van der Waals surface area contributed by atoms with Crippen LogP contribution in [0, 0.1) is 0 Å². The highest BCUT2D eigenvalue weighted by atomic mass is 16.3. The fourth-order valence-corrected chi connectivity index (χ4v) is 9.32. The number of hydrogen-bond acceptors (Lipinski definition) is 3. The first kappa shape index (κ1) is 66.1. The first-order chi connectivity index (χ1) is 33.7. The molecular formula is C64H119NO3. The van der Waals surface area contributed by atoms with Crippen LogP contribution in [0.4, 0.5) is 0 Å². The van der Waals surface area contributed by atoms with Gasteiger partial charge in [0, 0.05) is 6.42 Å². The Morgan fingerprint density at radius 3 is 0.956 bits per heavy atom. The Morgan fingerprint density at radius 1 is 0.353 bits per heavy atom. The van der Waals surface area contributed by atoms with E-state index < -0.39 is 12.1 Å². The van der Waals surface area contributed by atoms with Crippen molar-refractivity contribution in [2.45, 2.75) is 334 Å². The van der Waals surface area contributed by atoms with Gasteiger partial charge in [-0.05, 0) is 70.6 Å². The summed E-state index contributed by atoms with van der Waals surface area (Å²) in [7, 11) is 0. The minimum atomic E-state index is -0.864. The molecule has 0 heterocycles. The third kappa shape index (κ3) is 55.0. The number of hydrogen-bond donors (Lipinski definition) is 3. The molecule has 3 N–H and O–H groups in total. The molecule has 1 amide bonds. The molecule has 4 heteroatoms. The van der Waals surface area contributed by atoms with Crippen LogP contribution in [0.15, 0.2) is 60.8 Å². The topological polar surface area (TPSA) is 69.6 Å². The molecule has 0 aromatic rings. The van der Waals surface area contributed by atoms with Gasteiger partial charge in [0.1, 0.15) is 0 Å². The van der Waals surface area contributed by atoms with Gasteiger partial charge in [-0.25, -0.2) is 0 Å². The van der Waals surface area contributed by atoms with Crippen LogP contribution >= 0.6 is 0 Å². The summed E-state index contributed by atoms with van der Waals surface area (Å²) in [6.07, 6.45) is 84.0. The van der Waals surface area contributed by atoms with Crippen molar-refractivity contribution in [2.24, 2.45) is 0 Å². The highest BCUT2D eigenvalue weighted by Gasteiger charge is 2.18. The van der Waals surface area contributed by atoms with Crippen molar-refractivity contribution >= 4 is 5.91 Å². The SMILES string of the molecule is CCCCCCC/C=C\C/C=C\C/C=C\CCCCCCCCCCCCCCCCCCCCC(=O)NC(CO)C(O)/C=C/CC/C=C/CCCCCCCCCCCCCCCCCCC. The van der Waals surface area contributed by atoms with Gasteiger partial charge in [0.2, 0.25) is 5.91 Å². The molecule has 0 aromatic carbocycles. The van der Waals surface area contributed by atoms with E-state index in [0.29, 0.717) is 6.42 Å². The molecule has 0 fully saturated rings. The quantitative estimate of drug-likeness (QED) is 0.0420. The zero-order valence-electron chi connectivity index (χ0n) is 45.9. The molecule has 398 valence electrons. The van der Waals surface area contributed by atoms with Crippen molar-refractivity contribution in [1.29, 1.82) is 0 Å². The molecule has 0 radical (unpaired) electrons. The van der Waals surface area contributed by atoms with Gasteiger partial charge in [-0.15, -0.1) is 0 Å². The number of aliphatic hydroxyl groups excluding tert-OH is 2. The molecule has 2 unspecified atom stereocenters. The molecule has 0 aromatic heterocycles. The molecule has 68 heavy (non-hydrogen) atoms. The normalized spacial score (nSPS) is 13.2. The lowest BCUT2D eigenvalue weighted by molar-refractivity contribution is -0.123. The van der Waals surface area contributed by atoms with Gasteiger partial charge in [0.05, 0.1) is 18.8 Å². The number of unbranched alkanes of at least 4 members (excludes halogenated alkanes) is 41. The molecule has 0 aliphatic carbocycles. The first-order valence-corrected chi connectivity index (χ1v) is 30.5. The van der Waals surface area contributed by atoms with Crippen LogP contribution in [0.3, 0.4) is 0 Å². The second-order valence-electron chi connectivity index (χ2n) is 20.8. The van der Waals surface area contributed by atoms with Crippen LogP contribution in [0.5, 0.6) is 0 Å². The molecule has 0 spiro atoms. The van der Waals surface area contributed by atoms with Gasteiger partial charge in [0.25, 0.3) is 0 Å². The summed E-state index contributed by atoms with van der Waals surface area (Å²) in [6.45, 7) is 4.31. The lowest BCUT2D eigenvalue weighted by Crippen LogP contribution is -2.45. The predicted molar refractivity (Wildman–Crippen MR) is 304 cm³/mol. The van der Waals surface area contributed by atoms with Gasteiger partial charge in [-0.2, -0.15) is 0 Å². The molecule has 0 rings (SSSR count). The third-order valence-corrected chi connectivity index (χ3v) is 14.0. The van der Waals surface area contributed by atoms with E-state index in [4.69, 9.17) is 0 Å². The van der Waals surface area contributed by atoms with E-state index >= 15 is 0 Å². The van der Waals surface area contributed by atoms with E-state index in [1.807, 2.05) is 6.08 Å². The second kappa shape index (κ2) is 59.4. The third-order valence-electron chi connectivity index (χ3n) is 14.0. The summed E-state index contributed by atoms with van der Waals surface area (Å²) in [6, 6.07) is -0.641. The van der Waals surface area contributed by atoms with E-state index in [-0.39, 0.29) is 12.5 Å². The van der Waals surface area contributed by atoms with E-state index in [0.717, 1.165) is 44.9 Å². The highest BCUT2D eigenvalue weighted by molar-refractivity contribution is 5.76. The Kier molecular flexibility index (Phi) is 57.7. The molecule has 0 bridgehead atoms. The lowest BCUT2D eigenvalue weighted by Gasteiger charge is -2.19. The molecule has 2 atom stereocenters. The fourth-order valence-electron chi connectivity index (χ4n) is 9.32. The summed E-state index contributed by atoms with van der Waals surface area (Å²) in [5, 5.41) is 23.2. The molecule has 0 saturated heterocycles. The maximum absolute atomic E-state index is 12.5. The van der Waals surface area contributed by atoms with Crippen molar-refractivity contribution in [3.8, 4) is 0 Å². The van der Waals surface area contributed by atoms with E-state index in [2.05, 4.69) is 67.8 Å². The number of carbonyl (C=O) groups is 1. The number of aliphatic hydroxyl groups is 2. The van der Waals surface area contributed by atoms with Gasteiger partial charge >= 0.3 is 0 Å². The maximum Gasteiger partial charge on any atom is 0.220 e. The Bertz CT molecular complexity index is 1120. The van der Waals surface area contributed by atoms with Crippen LogP contribution in [-0.4, -0.2) is 34.9 Å². The summed E-state index contributed by atoms with van der Waals surface area (Å²) >= 11 is 0. The van der Waals surface area contributed by atoms with Crippen LogP contribution in [-0.2, 0) is 4.79 Å². The summed E-state index contributed by atoms with van der Waals surface area (Å²) in [5.41, 5.74) is 0. The van der Waals surface area contributed by atoms with Gasteiger partial charge in [-0.1, -0.05) is 306 Å². The van der Waals surface area contributed by atoms with Gasteiger partial charge in [0.15, 0.2) is 0 Å². The number of carbonyl (C=O) groups excluding carboxylic acids is 1. The smallest absolute Gasteiger partial charge is 0.220 e. The summed E-state index contributed by atoms with van der Waals surface area (Å²) in [4.78, 5) is 12.5. The Labute approximate surface area is 426 Å². The molecule has 0 aliphatic heterocycles. The first-order valence-electron chi connectivity index (χ1n) is 30.5. The molecular weight excluding hydrogens is 831 g/mol. The molecule has 0 saturated carbocycles. The Hall–Kier alpha value is -1.91. The van der Waals surface area contributed by atoms with Gasteiger partial charge in [-0.3, -0.25) is 4.79 Å². The van der Waals surface area contributed by atoms with Crippen molar-refractivity contribution in [2.75, 3.05) is 6.61 Å². The number of nitrogens with one attached hydrogen (secondary N) is 1. The number of amides is 1. The summed E-state index contributed by atoms with van der Waals surface area (Å²) in [5.74, 6) is -0.0700. The van der Waals surface area contributed by atoms with Crippen LogP contribution < -0.4 is 5.32 Å². The van der Waals surface area contributed by atoms with E-state index in [1.165, 1.54) is 257 Å². The fraction of sp³-hybridized carbons (Fsp3) is 0.828.